The molecule has 0 spiro atoms. The van der Waals surface area contributed by atoms with Gasteiger partial charge in [0.05, 0.1) is 6.54 Å². The van der Waals surface area contributed by atoms with Crippen LogP contribution in [0, 0.1) is 11.8 Å². The molecule has 1 aromatic carbocycles. The molecule has 0 aliphatic rings. The number of rotatable bonds is 3. The van der Waals surface area contributed by atoms with Crippen molar-refractivity contribution < 1.29 is 29.3 Å². The third-order valence-electron chi connectivity index (χ3n) is 2.05. The summed E-state index contributed by atoms with van der Waals surface area (Å²) in [6.45, 7) is 0.740. The Balaban J connectivity index is 0.000000754. The Morgan fingerprint density at radius 2 is 1.83 bits per heavy atom. The maximum Gasteiger partial charge on any atom is 0.414 e. The highest BCUT2D eigenvalue weighted by Crippen LogP contribution is 2.15. The molecule has 0 bridgehead atoms. The van der Waals surface area contributed by atoms with Gasteiger partial charge in [0.1, 0.15) is 0 Å². The van der Waals surface area contributed by atoms with E-state index in [0.717, 1.165) is 4.47 Å². The molecule has 130 valence electrons. The molecule has 3 N–H and O–H groups in total. The van der Waals surface area contributed by atoms with E-state index in [1.807, 2.05) is 31.1 Å². The largest absolute Gasteiger partial charge is 0.473 e. The average Bonchev–Trinajstić information content (AvgIpc) is 2.47. The number of carbonyl (C=O) groups excluding carboxylic acids is 1. The van der Waals surface area contributed by atoms with Crippen LogP contribution >= 0.6 is 15.9 Å². The number of ether oxygens (including phenoxy) is 1. The Bertz CT molecular complexity index is 624. The Hall–Kier alpha value is -2.57. The number of nitrogens with one attached hydrogen (secondary N) is 1. The summed E-state index contributed by atoms with van der Waals surface area (Å²) in [5.41, 5.74) is 0.677. The summed E-state index contributed by atoms with van der Waals surface area (Å²) in [5.74, 6) is 1.99. The molecule has 9 heteroatoms. The van der Waals surface area contributed by atoms with Crippen molar-refractivity contribution >= 4 is 39.6 Å². The number of amides is 1. The van der Waals surface area contributed by atoms with Gasteiger partial charge in [-0.15, -0.1) is 0 Å². The minimum absolute atomic E-state index is 0.0909. The summed E-state index contributed by atoms with van der Waals surface area (Å²) in [7, 11) is 3.85. The summed E-state index contributed by atoms with van der Waals surface area (Å²) in [5, 5.41) is 17.4. The van der Waals surface area contributed by atoms with Gasteiger partial charge in [-0.05, 0) is 32.3 Å². The summed E-state index contributed by atoms with van der Waals surface area (Å²) < 4.78 is 5.80. The summed E-state index contributed by atoms with van der Waals surface area (Å²) >= 11 is 3.32. The van der Waals surface area contributed by atoms with Crippen molar-refractivity contribution in [1.29, 1.82) is 0 Å². The fourth-order valence-electron chi connectivity index (χ4n) is 1.09. The number of carboxylic acid groups (broad SMARTS) is 2. The van der Waals surface area contributed by atoms with Gasteiger partial charge in [0.25, 0.3) is 0 Å². The van der Waals surface area contributed by atoms with Gasteiger partial charge >= 0.3 is 18.0 Å². The standard InChI is InChI=1S/C13H15BrN2O2.C2H2O4/c1-16(2)8-3-4-9-18-13(17)15-12-7-5-6-11(14)10-12;3-1(4)2(5)6/h5-7,10H,8-9H2,1-2H3,(H,15,17);(H,3,4)(H,5,6). The Kier molecular flexibility index (Phi) is 10.6. The number of carbonyl (C=O) groups is 3. The van der Waals surface area contributed by atoms with E-state index in [1.54, 1.807) is 12.1 Å². The number of carboxylic acids is 2. The van der Waals surface area contributed by atoms with E-state index in [4.69, 9.17) is 24.5 Å². The second kappa shape index (κ2) is 11.9. The molecule has 8 nitrogen and oxygen atoms in total. The molecule has 24 heavy (non-hydrogen) atoms. The molecule has 0 saturated carbocycles. The molecular formula is C15H17BrN2O6. The lowest BCUT2D eigenvalue weighted by atomic mass is 10.3. The van der Waals surface area contributed by atoms with E-state index in [2.05, 4.69) is 33.1 Å². The molecule has 0 aromatic heterocycles. The van der Waals surface area contributed by atoms with Crippen molar-refractivity contribution in [3.8, 4) is 11.8 Å². The van der Waals surface area contributed by atoms with E-state index in [9.17, 15) is 4.79 Å². The number of benzene rings is 1. The molecule has 0 atom stereocenters. The highest BCUT2D eigenvalue weighted by molar-refractivity contribution is 9.10. The molecular weight excluding hydrogens is 384 g/mol. The van der Waals surface area contributed by atoms with Crippen LogP contribution in [0.3, 0.4) is 0 Å². The van der Waals surface area contributed by atoms with Gasteiger partial charge in [0.2, 0.25) is 0 Å². The smallest absolute Gasteiger partial charge is 0.414 e. The monoisotopic (exact) mass is 400 g/mol. The van der Waals surface area contributed by atoms with Crippen LogP contribution in [0.5, 0.6) is 0 Å². The molecule has 0 aliphatic heterocycles. The lowest BCUT2D eigenvalue weighted by Crippen LogP contribution is -2.14. The van der Waals surface area contributed by atoms with Crippen molar-refractivity contribution in [1.82, 2.24) is 4.90 Å². The van der Waals surface area contributed by atoms with Crippen LogP contribution in [0.15, 0.2) is 28.7 Å². The predicted octanol–water partition coefficient (Wildman–Crippen LogP) is 1.72. The van der Waals surface area contributed by atoms with Gasteiger partial charge in [0.15, 0.2) is 6.61 Å². The van der Waals surface area contributed by atoms with Crippen molar-refractivity contribution in [3.05, 3.63) is 28.7 Å². The first-order valence-electron chi connectivity index (χ1n) is 6.48. The van der Waals surface area contributed by atoms with E-state index in [1.165, 1.54) is 0 Å². The number of aliphatic carboxylic acids is 2. The summed E-state index contributed by atoms with van der Waals surface area (Å²) in [6, 6.07) is 7.28. The molecule has 1 aromatic rings. The molecule has 0 saturated heterocycles. The Labute approximate surface area is 147 Å². The van der Waals surface area contributed by atoms with Crippen LogP contribution < -0.4 is 5.32 Å². The highest BCUT2D eigenvalue weighted by Gasteiger charge is 2.04. The molecule has 1 amide bonds. The Morgan fingerprint density at radius 3 is 2.33 bits per heavy atom. The lowest BCUT2D eigenvalue weighted by molar-refractivity contribution is -0.159. The maximum absolute atomic E-state index is 11.4. The van der Waals surface area contributed by atoms with Gasteiger partial charge in [-0.1, -0.05) is 33.8 Å². The quantitative estimate of drug-likeness (QED) is 0.522. The topological polar surface area (TPSA) is 116 Å². The zero-order valence-electron chi connectivity index (χ0n) is 13.1. The Morgan fingerprint density at radius 1 is 1.21 bits per heavy atom. The van der Waals surface area contributed by atoms with E-state index < -0.39 is 18.0 Å². The zero-order chi connectivity index (χ0) is 18.5. The molecule has 1 rings (SSSR count). The number of anilines is 1. The van der Waals surface area contributed by atoms with E-state index in [-0.39, 0.29) is 6.61 Å². The van der Waals surface area contributed by atoms with Crippen molar-refractivity contribution in [3.63, 3.8) is 0 Å². The number of halogens is 1. The van der Waals surface area contributed by atoms with Crippen LogP contribution in [0.25, 0.3) is 0 Å². The number of hydrogen-bond acceptors (Lipinski definition) is 5. The fourth-order valence-corrected chi connectivity index (χ4v) is 1.49. The predicted molar refractivity (Wildman–Crippen MR) is 90.7 cm³/mol. The first kappa shape index (κ1) is 21.4. The number of hydrogen-bond donors (Lipinski definition) is 3. The van der Waals surface area contributed by atoms with Crippen molar-refractivity contribution in [2.45, 2.75) is 0 Å². The SMILES string of the molecule is CN(C)CC#CCOC(=O)Nc1cccc(Br)c1.O=C(O)C(=O)O. The molecule has 0 radical (unpaired) electrons. The van der Waals surface area contributed by atoms with Crippen LogP contribution in [-0.2, 0) is 14.3 Å². The zero-order valence-corrected chi connectivity index (χ0v) is 14.7. The van der Waals surface area contributed by atoms with Crippen molar-refractivity contribution in [2.75, 3.05) is 32.6 Å². The fraction of sp³-hybridized carbons (Fsp3) is 0.267. The van der Waals surface area contributed by atoms with Gasteiger partial charge in [-0.3, -0.25) is 10.2 Å². The van der Waals surface area contributed by atoms with Gasteiger partial charge < -0.3 is 14.9 Å². The molecule has 0 fully saturated rings. The van der Waals surface area contributed by atoms with E-state index in [0.29, 0.717) is 12.2 Å². The summed E-state index contributed by atoms with van der Waals surface area (Å²) in [4.78, 5) is 31.5. The highest BCUT2D eigenvalue weighted by atomic mass is 79.9. The average molecular weight is 401 g/mol. The van der Waals surface area contributed by atoms with Gasteiger partial charge in [-0.25, -0.2) is 14.4 Å². The first-order valence-corrected chi connectivity index (χ1v) is 7.27. The molecule has 0 heterocycles. The van der Waals surface area contributed by atoms with Crippen LogP contribution in [-0.4, -0.2) is 60.4 Å². The first-order chi connectivity index (χ1) is 11.2. The molecule has 0 unspecified atom stereocenters. The minimum Gasteiger partial charge on any atom is -0.473 e. The van der Waals surface area contributed by atoms with Crippen molar-refractivity contribution in [2.24, 2.45) is 0 Å². The summed E-state index contributed by atoms with van der Waals surface area (Å²) in [6.07, 6.45) is -0.507. The van der Waals surface area contributed by atoms with Gasteiger partial charge in [-0.2, -0.15) is 0 Å². The van der Waals surface area contributed by atoms with Crippen LogP contribution in [0.2, 0.25) is 0 Å². The minimum atomic E-state index is -1.82. The van der Waals surface area contributed by atoms with Crippen LogP contribution in [0.1, 0.15) is 0 Å². The maximum atomic E-state index is 11.4. The lowest BCUT2D eigenvalue weighted by Gasteiger charge is -2.04. The normalized spacial score (nSPS) is 9.00. The molecule has 0 aliphatic carbocycles. The third-order valence-corrected chi connectivity index (χ3v) is 2.54. The van der Waals surface area contributed by atoms with Crippen LogP contribution in [0.4, 0.5) is 10.5 Å². The number of nitrogens with zero attached hydrogens (tertiary/aromatic N) is 1. The van der Waals surface area contributed by atoms with Gasteiger partial charge in [0, 0.05) is 10.2 Å². The second-order valence-corrected chi connectivity index (χ2v) is 5.33. The van der Waals surface area contributed by atoms with E-state index >= 15 is 0 Å². The second-order valence-electron chi connectivity index (χ2n) is 4.41. The third kappa shape index (κ3) is 12.0.